The van der Waals surface area contributed by atoms with E-state index in [2.05, 4.69) is 31.2 Å². The third kappa shape index (κ3) is 10.3. The van der Waals surface area contributed by atoms with E-state index in [4.69, 9.17) is 0 Å². The summed E-state index contributed by atoms with van der Waals surface area (Å²) in [6.45, 7) is 11.0. The molecule has 1 aliphatic heterocycles. The van der Waals surface area contributed by atoms with Crippen LogP contribution in [-0.4, -0.2) is 98.0 Å². The predicted molar refractivity (Wildman–Crippen MR) is 197 cm³/mol. The molecule has 0 radical (unpaired) electrons. The Balaban J connectivity index is 1.52. The van der Waals surface area contributed by atoms with Crippen molar-refractivity contribution in [1.29, 1.82) is 0 Å². The Kier molecular flexibility index (Phi) is 14.0. The van der Waals surface area contributed by atoms with Crippen molar-refractivity contribution in [1.82, 2.24) is 36.1 Å². The van der Waals surface area contributed by atoms with Gasteiger partial charge in [-0.2, -0.15) is 0 Å². The van der Waals surface area contributed by atoms with Gasteiger partial charge in [0, 0.05) is 25.4 Å². The number of carboxylic acids is 1. The fraction of sp³-hybridized carbons (Fsp3) is 0.564. The number of aromatic nitrogens is 2. The molecule has 1 saturated carbocycles. The number of nitrogens with zero attached hydrogens (tertiary/aromatic N) is 3. The van der Waals surface area contributed by atoms with Crippen LogP contribution in [0.4, 0.5) is 0 Å². The number of aliphatic carboxylic acids is 1. The van der Waals surface area contributed by atoms with Crippen molar-refractivity contribution in [3.8, 4) is 0 Å². The molecule has 4 rings (SSSR count). The van der Waals surface area contributed by atoms with Gasteiger partial charge in [-0.05, 0) is 48.0 Å². The second-order valence-electron chi connectivity index (χ2n) is 15.7. The average molecular weight is 748 g/mol. The largest absolute Gasteiger partial charge is 0.480 e. The van der Waals surface area contributed by atoms with Crippen LogP contribution in [0, 0.1) is 23.2 Å². The Morgan fingerprint density at radius 1 is 0.926 bits per heavy atom. The molecule has 1 aromatic carbocycles. The minimum absolute atomic E-state index is 0.0219. The lowest BCUT2D eigenvalue weighted by Crippen LogP contribution is -2.62. The summed E-state index contributed by atoms with van der Waals surface area (Å²) >= 11 is 0. The molecule has 1 aliphatic carbocycles. The first-order chi connectivity index (χ1) is 25.5. The van der Waals surface area contributed by atoms with Gasteiger partial charge in [0.15, 0.2) is 0 Å². The molecular formula is C39H53N7O8. The van der Waals surface area contributed by atoms with Gasteiger partial charge in [-0.1, -0.05) is 84.7 Å². The summed E-state index contributed by atoms with van der Waals surface area (Å²) in [6, 6.07) is 2.98. The maximum absolute atomic E-state index is 14.5. The molecule has 1 saturated heterocycles. The molecule has 15 heteroatoms. The number of benzene rings is 1. The highest BCUT2D eigenvalue weighted by atomic mass is 16.4. The number of Topliss-reactive ketones (excluding diaryl/α,β-unsaturated/α-hetero) is 1. The first-order valence-corrected chi connectivity index (χ1v) is 18.6. The van der Waals surface area contributed by atoms with Crippen molar-refractivity contribution in [3.05, 3.63) is 60.2 Å². The monoisotopic (exact) mass is 747 g/mol. The molecule has 2 fully saturated rings. The number of fused-ring (bicyclic) bond motifs is 1. The first-order valence-electron chi connectivity index (χ1n) is 18.6. The summed E-state index contributed by atoms with van der Waals surface area (Å²) < 4.78 is 0. The molecule has 15 nitrogen and oxygen atoms in total. The van der Waals surface area contributed by atoms with Gasteiger partial charge in [0.25, 0.3) is 11.8 Å². The molecule has 2 heterocycles. The number of ketones is 1. The number of hydrogen-bond donors (Lipinski definition) is 5. The maximum atomic E-state index is 14.5. The lowest BCUT2D eigenvalue weighted by atomic mass is 9.85. The van der Waals surface area contributed by atoms with Gasteiger partial charge < -0.3 is 31.3 Å². The predicted octanol–water partition coefficient (Wildman–Crippen LogP) is 2.06. The number of amides is 5. The molecule has 292 valence electrons. The zero-order chi connectivity index (χ0) is 39.7. The Bertz CT molecular complexity index is 1680. The quantitative estimate of drug-likeness (QED) is 0.158. The number of rotatable bonds is 16. The van der Waals surface area contributed by atoms with Gasteiger partial charge in [0.2, 0.25) is 23.5 Å². The van der Waals surface area contributed by atoms with E-state index in [9.17, 15) is 38.7 Å². The number of carboxylic acid groups (broad SMARTS) is 1. The van der Waals surface area contributed by atoms with Crippen LogP contribution in [0.1, 0.15) is 89.7 Å². The van der Waals surface area contributed by atoms with Crippen molar-refractivity contribution >= 4 is 41.3 Å². The summed E-state index contributed by atoms with van der Waals surface area (Å²) in [5.41, 5.74) is -0.131. The van der Waals surface area contributed by atoms with Gasteiger partial charge in [-0.15, -0.1) is 0 Å². The van der Waals surface area contributed by atoms with Crippen LogP contribution in [0.25, 0.3) is 0 Å². The summed E-state index contributed by atoms with van der Waals surface area (Å²) in [5, 5.41) is 20.4. The Labute approximate surface area is 315 Å². The first kappa shape index (κ1) is 41.5. The van der Waals surface area contributed by atoms with Gasteiger partial charge >= 0.3 is 5.97 Å². The zero-order valence-electron chi connectivity index (χ0n) is 31.8. The van der Waals surface area contributed by atoms with Crippen LogP contribution in [0.3, 0.4) is 0 Å². The van der Waals surface area contributed by atoms with E-state index in [1.807, 2.05) is 0 Å². The molecular weight excluding hydrogens is 694 g/mol. The average Bonchev–Trinajstić information content (AvgIpc) is 3.73. The molecule has 3 unspecified atom stereocenters. The normalized spacial score (nSPS) is 20.2. The van der Waals surface area contributed by atoms with E-state index in [-0.39, 0.29) is 42.8 Å². The van der Waals surface area contributed by atoms with E-state index in [1.54, 1.807) is 71.9 Å². The van der Waals surface area contributed by atoms with Crippen LogP contribution in [-0.2, 0) is 35.2 Å². The summed E-state index contributed by atoms with van der Waals surface area (Å²) in [7, 11) is 0. The Morgan fingerprint density at radius 2 is 1.63 bits per heavy atom. The molecule has 7 atom stereocenters. The highest BCUT2D eigenvalue weighted by Gasteiger charge is 2.52. The summed E-state index contributed by atoms with van der Waals surface area (Å²) in [5.74, 6) is -6.20. The lowest BCUT2D eigenvalue weighted by molar-refractivity contribution is -0.147. The van der Waals surface area contributed by atoms with E-state index in [0.29, 0.717) is 18.4 Å². The Morgan fingerprint density at radius 3 is 2.22 bits per heavy atom. The van der Waals surface area contributed by atoms with Gasteiger partial charge in [0.05, 0.1) is 12.2 Å². The van der Waals surface area contributed by atoms with Crippen molar-refractivity contribution in [3.63, 3.8) is 0 Å². The van der Waals surface area contributed by atoms with E-state index < -0.39 is 76.9 Å². The van der Waals surface area contributed by atoms with Crippen LogP contribution in [0.15, 0.2) is 48.9 Å². The van der Waals surface area contributed by atoms with Crippen LogP contribution < -0.4 is 21.3 Å². The van der Waals surface area contributed by atoms with Crippen LogP contribution >= 0.6 is 0 Å². The van der Waals surface area contributed by atoms with E-state index >= 15 is 0 Å². The van der Waals surface area contributed by atoms with Crippen LogP contribution in [0.5, 0.6) is 0 Å². The number of nitrogens with one attached hydrogen (secondary N) is 4. The van der Waals surface area contributed by atoms with Crippen LogP contribution in [0.2, 0.25) is 0 Å². The number of carbonyl (C=O) groups excluding carboxylic acids is 6. The fourth-order valence-corrected chi connectivity index (χ4v) is 7.33. The topological polar surface area (TPSA) is 217 Å². The third-order valence-electron chi connectivity index (χ3n) is 10.2. The SMILES string of the molecule is CCCC(NC(=O)C1[C@H]2CCC[C@H]2CN1C(=O)[C@@H](NC(=O)[C@H](NC(=O)c1cnccn1)C(C)C)C(C)(C)C)C(=O)C(=O)NC(Cc1ccccc1)C(=O)O. The van der Waals surface area contributed by atoms with Crippen molar-refractivity contribution in [2.75, 3.05) is 6.54 Å². The molecule has 1 aromatic heterocycles. The smallest absolute Gasteiger partial charge is 0.326 e. The third-order valence-corrected chi connectivity index (χ3v) is 10.2. The molecule has 5 amide bonds. The van der Waals surface area contributed by atoms with Crippen molar-refractivity contribution in [2.45, 2.75) is 110 Å². The lowest BCUT2D eigenvalue weighted by Gasteiger charge is -2.37. The minimum atomic E-state index is -1.37. The zero-order valence-corrected chi connectivity index (χ0v) is 31.8. The van der Waals surface area contributed by atoms with Crippen molar-refractivity contribution < 1.29 is 38.7 Å². The second kappa shape index (κ2) is 18.2. The highest BCUT2D eigenvalue weighted by Crippen LogP contribution is 2.43. The van der Waals surface area contributed by atoms with Gasteiger partial charge in [-0.3, -0.25) is 33.8 Å². The number of likely N-dealkylation sites (tertiary alicyclic amines) is 1. The number of carbonyl (C=O) groups is 7. The summed E-state index contributed by atoms with van der Waals surface area (Å²) in [4.78, 5) is 103. The maximum Gasteiger partial charge on any atom is 0.326 e. The molecule has 0 spiro atoms. The Hall–Kier alpha value is -5.21. The van der Waals surface area contributed by atoms with E-state index in [0.717, 1.165) is 12.8 Å². The molecule has 2 aromatic rings. The fourth-order valence-electron chi connectivity index (χ4n) is 7.33. The second-order valence-corrected chi connectivity index (χ2v) is 15.7. The number of hydrogen-bond acceptors (Lipinski definition) is 9. The molecule has 2 aliphatic rings. The molecule has 54 heavy (non-hydrogen) atoms. The standard InChI is InChI=1S/C39H53N7O8/c1-7-12-26(31(47)36(51)43-27(38(53)54)19-23-13-9-8-10-14-23)42-35(50)30-25-16-11-15-24(25)21-46(30)37(52)32(39(4,5)6)45-34(49)29(22(2)3)44-33(48)28-20-40-17-18-41-28/h8-10,13-14,17-18,20,22,24-27,29-30,32H,7,11-12,15-16,19,21H2,1-6H3,(H,42,50)(H,43,51)(H,44,48)(H,45,49)(H,53,54)/t24-,25-,26?,27?,29+,30?,32+/m0/s1. The van der Waals surface area contributed by atoms with Gasteiger partial charge in [-0.25, -0.2) is 9.78 Å². The minimum Gasteiger partial charge on any atom is -0.480 e. The summed E-state index contributed by atoms with van der Waals surface area (Å²) in [6.07, 6.45) is 6.90. The molecule has 5 N–H and O–H groups in total. The van der Waals surface area contributed by atoms with E-state index in [1.165, 1.54) is 23.5 Å². The molecule has 0 bridgehead atoms. The van der Waals surface area contributed by atoms with Gasteiger partial charge in [0.1, 0.15) is 29.9 Å². The highest BCUT2D eigenvalue weighted by molar-refractivity contribution is 6.38. The van der Waals surface area contributed by atoms with Crippen molar-refractivity contribution in [2.24, 2.45) is 23.2 Å².